The number of rotatable bonds is 4. The minimum atomic E-state index is -1.34. The molecule has 0 spiro atoms. The lowest BCUT2D eigenvalue weighted by Gasteiger charge is -2.36. The summed E-state index contributed by atoms with van der Waals surface area (Å²) in [5.74, 6) is -4.30. The topological polar surface area (TPSA) is 87.1 Å². The van der Waals surface area contributed by atoms with Crippen LogP contribution in [0.1, 0.15) is 22.7 Å². The van der Waals surface area contributed by atoms with Gasteiger partial charge in [-0.25, -0.2) is 22.8 Å². The zero-order chi connectivity index (χ0) is 19.7. The summed E-state index contributed by atoms with van der Waals surface area (Å²) >= 11 is 0. The molecule has 1 aliphatic rings. The second-order valence-corrected chi connectivity index (χ2v) is 5.96. The maximum absolute atomic E-state index is 13.9. The van der Waals surface area contributed by atoms with E-state index in [1.165, 1.54) is 6.07 Å². The quantitative estimate of drug-likeness (QED) is 0.849. The number of benzene rings is 2. The van der Waals surface area contributed by atoms with Crippen LogP contribution in [0.4, 0.5) is 18.0 Å². The number of hydrogen-bond acceptors (Lipinski definition) is 3. The molecule has 1 atom stereocenters. The molecule has 142 valence electrons. The molecular weight excluding hydrogens is 367 g/mol. The van der Waals surface area contributed by atoms with Crippen LogP contribution in [0.25, 0.3) is 0 Å². The van der Waals surface area contributed by atoms with Gasteiger partial charge in [-0.05, 0) is 47.9 Å². The van der Waals surface area contributed by atoms with Crippen LogP contribution in [0.15, 0.2) is 30.3 Å². The standard InChI is InChI=1S/C18H14F3NO5/c19-10-1-2-15(27-8-16(23)24)12(6-10)17-11-7-14(21)13(20)5-9(11)3-4-22(17)18(25)26/h1-2,5-7,17H,3-4,8H2,(H,23,24)(H,25,26). The summed E-state index contributed by atoms with van der Waals surface area (Å²) in [5, 5.41) is 18.3. The van der Waals surface area contributed by atoms with Crippen molar-refractivity contribution in [2.24, 2.45) is 0 Å². The van der Waals surface area contributed by atoms with Gasteiger partial charge in [-0.15, -0.1) is 0 Å². The number of carboxylic acid groups (broad SMARTS) is 2. The lowest BCUT2D eigenvalue weighted by atomic mass is 9.87. The Hall–Kier alpha value is -3.23. The second-order valence-electron chi connectivity index (χ2n) is 5.96. The van der Waals surface area contributed by atoms with E-state index in [2.05, 4.69) is 0 Å². The minimum Gasteiger partial charge on any atom is -0.482 e. The highest BCUT2D eigenvalue weighted by Crippen LogP contribution is 2.40. The predicted molar refractivity (Wildman–Crippen MR) is 86.2 cm³/mol. The molecule has 6 nitrogen and oxygen atoms in total. The largest absolute Gasteiger partial charge is 0.482 e. The fraction of sp³-hybridized carbons (Fsp3) is 0.222. The molecule has 1 heterocycles. The molecule has 3 rings (SSSR count). The average Bonchev–Trinajstić information content (AvgIpc) is 2.60. The zero-order valence-corrected chi connectivity index (χ0v) is 13.8. The summed E-state index contributed by atoms with van der Waals surface area (Å²) in [6.07, 6.45) is -1.19. The van der Waals surface area contributed by atoms with Gasteiger partial charge in [-0.2, -0.15) is 0 Å². The van der Waals surface area contributed by atoms with Crippen LogP contribution in [0, 0.1) is 17.5 Å². The second kappa shape index (κ2) is 7.18. The molecule has 0 fully saturated rings. The molecule has 2 N–H and O–H groups in total. The Labute approximate surface area is 151 Å². The van der Waals surface area contributed by atoms with E-state index >= 15 is 0 Å². The van der Waals surface area contributed by atoms with E-state index < -0.39 is 42.2 Å². The van der Waals surface area contributed by atoms with Crippen LogP contribution in [0.5, 0.6) is 5.75 Å². The van der Waals surface area contributed by atoms with Gasteiger partial charge in [0.1, 0.15) is 11.6 Å². The van der Waals surface area contributed by atoms with Crippen molar-refractivity contribution < 1.29 is 37.7 Å². The van der Waals surface area contributed by atoms with Crippen molar-refractivity contribution in [3.63, 3.8) is 0 Å². The number of aliphatic carboxylic acids is 1. The first-order chi connectivity index (χ1) is 12.8. The van der Waals surface area contributed by atoms with Gasteiger partial charge in [0.15, 0.2) is 18.2 Å². The van der Waals surface area contributed by atoms with E-state index in [0.29, 0.717) is 5.56 Å². The third-order valence-electron chi connectivity index (χ3n) is 4.27. The van der Waals surface area contributed by atoms with Gasteiger partial charge in [0.05, 0.1) is 6.04 Å². The summed E-state index contributed by atoms with van der Waals surface area (Å²) in [5.41, 5.74) is 0.531. The lowest BCUT2D eigenvalue weighted by Crippen LogP contribution is -2.40. The van der Waals surface area contributed by atoms with Crippen molar-refractivity contribution in [3.05, 3.63) is 64.5 Å². The molecule has 0 saturated carbocycles. The highest BCUT2D eigenvalue weighted by molar-refractivity contribution is 5.69. The fourth-order valence-electron chi connectivity index (χ4n) is 3.16. The highest BCUT2D eigenvalue weighted by Gasteiger charge is 2.35. The Bertz CT molecular complexity index is 918. The Morgan fingerprint density at radius 3 is 2.44 bits per heavy atom. The molecule has 27 heavy (non-hydrogen) atoms. The number of hydrogen-bond donors (Lipinski definition) is 2. The maximum Gasteiger partial charge on any atom is 0.408 e. The van der Waals surface area contributed by atoms with E-state index in [4.69, 9.17) is 9.84 Å². The van der Waals surface area contributed by atoms with Crippen molar-refractivity contribution in [3.8, 4) is 5.75 Å². The van der Waals surface area contributed by atoms with E-state index in [1.54, 1.807) is 0 Å². The first kappa shape index (κ1) is 18.6. The molecular formula is C18H14F3NO5. The number of amides is 1. The van der Waals surface area contributed by atoms with E-state index in [9.17, 15) is 27.9 Å². The van der Waals surface area contributed by atoms with Crippen molar-refractivity contribution >= 4 is 12.1 Å². The van der Waals surface area contributed by atoms with Crippen LogP contribution < -0.4 is 4.74 Å². The third-order valence-corrected chi connectivity index (χ3v) is 4.27. The predicted octanol–water partition coefficient (Wildman–Crippen LogP) is 3.19. The van der Waals surface area contributed by atoms with Crippen molar-refractivity contribution in [1.29, 1.82) is 0 Å². The van der Waals surface area contributed by atoms with Gasteiger partial charge in [0.25, 0.3) is 0 Å². The Morgan fingerprint density at radius 2 is 1.78 bits per heavy atom. The minimum absolute atomic E-state index is 0.00519. The zero-order valence-electron chi connectivity index (χ0n) is 13.8. The van der Waals surface area contributed by atoms with Crippen molar-refractivity contribution in [1.82, 2.24) is 4.90 Å². The van der Waals surface area contributed by atoms with Crippen LogP contribution >= 0.6 is 0 Å². The van der Waals surface area contributed by atoms with Gasteiger partial charge in [-0.3, -0.25) is 4.90 Å². The Morgan fingerprint density at radius 1 is 1.07 bits per heavy atom. The van der Waals surface area contributed by atoms with Gasteiger partial charge in [0, 0.05) is 12.1 Å². The first-order valence-corrected chi connectivity index (χ1v) is 7.89. The SMILES string of the molecule is O=C(O)COc1ccc(F)cc1C1c2cc(F)c(F)cc2CCN1C(=O)O. The summed E-state index contributed by atoms with van der Waals surface area (Å²) < 4.78 is 46.5. The van der Waals surface area contributed by atoms with Crippen molar-refractivity contribution in [2.45, 2.75) is 12.5 Å². The summed E-state index contributed by atoms with van der Waals surface area (Å²) in [6.45, 7) is -0.768. The molecule has 0 radical (unpaired) electrons. The Balaban J connectivity index is 2.18. The molecule has 1 aliphatic heterocycles. The molecule has 0 bridgehead atoms. The molecule has 2 aromatic carbocycles. The monoisotopic (exact) mass is 381 g/mol. The molecule has 1 unspecified atom stereocenters. The lowest BCUT2D eigenvalue weighted by molar-refractivity contribution is -0.139. The summed E-state index contributed by atoms with van der Waals surface area (Å²) in [4.78, 5) is 23.4. The number of halogens is 3. The number of nitrogens with zero attached hydrogens (tertiary/aromatic N) is 1. The maximum atomic E-state index is 13.9. The summed E-state index contributed by atoms with van der Waals surface area (Å²) in [7, 11) is 0. The van der Waals surface area contributed by atoms with Gasteiger partial charge in [0.2, 0.25) is 0 Å². The fourth-order valence-corrected chi connectivity index (χ4v) is 3.16. The van der Waals surface area contributed by atoms with Gasteiger partial charge in [-0.1, -0.05) is 0 Å². The third kappa shape index (κ3) is 3.67. The van der Waals surface area contributed by atoms with E-state index in [0.717, 1.165) is 29.2 Å². The molecule has 0 saturated heterocycles. The number of carboxylic acids is 1. The molecule has 0 aliphatic carbocycles. The first-order valence-electron chi connectivity index (χ1n) is 7.89. The van der Waals surface area contributed by atoms with Crippen LogP contribution in [0.3, 0.4) is 0 Å². The van der Waals surface area contributed by atoms with E-state index in [-0.39, 0.29) is 29.8 Å². The molecule has 1 amide bonds. The highest BCUT2D eigenvalue weighted by atomic mass is 19.2. The number of carbonyl (C=O) groups is 2. The molecule has 9 heteroatoms. The Kier molecular flexibility index (Phi) is 4.93. The van der Waals surface area contributed by atoms with Gasteiger partial charge < -0.3 is 14.9 Å². The molecule has 0 aromatic heterocycles. The normalized spacial score (nSPS) is 16.0. The number of fused-ring (bicyclic) bond motifs is 1. The molecule has 2 aromatic rings. The smallest absolute Gasteiger partial charge is 0.408 e. The van der Waals surface area contributed by atoms with Crippen LogP contribution in [-0.4, -0.2) is 40.3 Å². The number of ether oxygens (including phenoxy) is 1. The van der Waals surface area contributed by atoms with Crippen LogP contribution in [-0.2, 0) is 11.2 Å². The average molecular weight is 381 g/mol. The van der Waals surface area contributed by atoms with E-state index in [1.807, 2.05) is 0 Å². The van der Waals surface area contributed by atoms with Crippen molar-refractivity contribution in [2.75, 3.05) is 13.2 Å². The van der Waals surface area contributed by atoms with Crippen LogP contribution in [0.2, 0.25) is 0 Å². The van der Waals surface area contributed by atoms with Gasteiger partial charge >= 0.3 is 12.1 Å². The summed E-state index contributed by atoms with van der Waals surface area (Å²) in [6, 6.07) is 3.86.